The van der Waals surface area contributed by atoms with Gasteiger partial charge < -0.3 is 9.84 Å². The van der Waals surface area contributed by atoms with Gasteiger partial charge in [0, 0.05) is 19.1 Å². The molecule has 0 aromatic heterocycles. The lowest BCUT2D eigenvalue weighted by Gasteiger charge is -2.25. The zero-order valence-electron chi connectivity index (χ0n) is 10.4. The molecule has 0 aliphatic heterocycles. The van der Waals surface area contributed by atoms with E-state index >= 15 is 0 Å². The third kappa shape index (κ3) is 5.15. The summed E-state index contributed by atoms with van der Waals surface area (Å²) in [5.41, 5.74) is 0. The largest absolute Gasteiger partial charge is 0.492 e. The zero-order valence-corrected chi connectivity index (χ0v) is 10.4. The summed E-state index contributed by atoms with van der Waals surface area (Å²) in [6, 6.07) is 6.35. The van der Waals surface area contributed by atoms with Crippen LogP contribution in [-0.2, 0) is 0 Å². The lowest BCUT2D eigenvalue weighted by atomic mass is 10.3. The summed E-state index contributed by atoms with van der Waals surface area (Å²) in [6.07, 6.45) is 0. The molecule has 0 aliphatic rings. The van der Waals surface area contributed by atoms with Crippen LogP contribution in [0.15, 0.2) is 24.3 Å². The Morgan fingerprint density at radius 3 is 2.41 bits per heavy atom. The van der Waals surface area contributed by atoms with Crippen molar-refractivity contribution < 1.29 is 14.2 Å². The van der Waals surface area contributed by atoms with Crippen molar-refractivity contribution in [2.75, 3.05) is 26.3 Å². The third-order valence-corrected chi connectivity index (χ3v) is 2.58. The molecule has 17 heavy (non-hydrogen) atoms. The van der Waals surface area contributed by atoms with Crippen molar-refractivity contribution >= 4 is 0 Å². The Bertz CT molecular complexity index is 314. The van der Waals surface area contributed by atoms with Crippen LogP contribution in [0.1, 0.15) is 13.8 Å². The molecule has 0 amide bonds. The second-order valence-corrected chi connectivity index (χ2v) is 4.16. The molecule has 1 aromatic rings. The Hall–Kier alpha value is -1.13. The van der Waals surface area contributed by atoms with E-state index in [9.17, 15) is 4.39 Å². The van der Waals surface area contributed by atoms with E-state index in [-0.39, 0.29) is 12.4 Å². The summed E-state index contributed by atoms with van der Waals surface area (Å²) in [4.78, 5) is 2.13. The second-order valence-electron chi connectivity index (χ2n) is 4.16. The predicted molar refractivity (Wildman–Crippen MR) is 65.7 cm³/mol. The molecule has 0 heterocycles. The van der Waals surface area contributed by atoms with Crippen molar-refractivity contribution in [1.29, 1.82) is 0 Å². The van der Waals surface area contributed by atoms with Gasteiger partial charge in [0.2, 0.25) is 0 Å². The Labute approximate surface area is 102 Å². The molecule has 0 spiro atoms. The number of benzene rings is 1. The van der Waals surface area contributed by atoms with E-state index in [1.807, 2.05) is 0 Å². The first-order valence-electron chi connectivity index (χ1n) is 5.86. The number of hydrogen-bond donors (Lipinski definition) is 1. The SMILES string of the molecule is CC(C)N(CCO)CCOc1ccc(F)cc1. The number of hydrogen-bond acceptors (Lipinski definition) is 3. The van der Waals surface area contributed by atoms with Crippen LogP contribution >= 0.6 is 0 Å². The molecular formula is C13H20FNO2. The molecular weight excluding hydrogens is 221 g/mol. The molecule has 3 nitrogen and oxygen atoms in total. The van der Waals surface area contributed by atoms with Crippen LogP contribution in [0.2, 0.25) is 0 Å². The summed E-state index contributed by atoms with van der Waals surface area (Å²) in [6.45, 7) is 6.22. The summed E-state index contributed by atoms with van der Waals surface area (Å²) >= 11 is 0. The van der Waals surface area contributed by atoms with Gasteiger partial charge in [0.1, 0.15) is 18.2 Å². The van der Waals surface area contributed by atoms with E-state index in [0.717, 1.165) is 6.54 Å². The molecule has 0 atom stereocenters. The first kappa shape index (κ1) is 13.9. The fourth-order valence-corrected chi connectivity index (χ4v) is 1.57. The number of ether oxygens (including phenoxy) is 1. The van der Waals surface area contributed by atoms with Crippen molar-refractivity contribution in [2.45, 2.75) is 19.9 Å². The van der Waals surface area contributed by atoms with Crippen molar-refractivity contribution in [3.63, 3.8) is 0 Å². The standard InChI is InChI=1S/C13H20FNO2/c1-11(2)15(7-9-16)8-10-17-13-5-3-12(14)4-6-13/h3-6,11,16H,7-10H2,1-2H3. The molecule has 0 saturated heterocycles. The van der Waals surface area contributed by atoms with Gasteiger partial charge >= 0.3 is 0 Å². The van der Waals surface area contributed by atoms with Crippen LogP contribution in [0.5, 0.6) is 5.75 Å². The van der Waals surface area contributed by atoms with Gasteiger partial charge in [-0.05, 0) is 38.1 Å². The van der Waals surface area contributed by atoms with Crippen molar-refractivity contribution in [3.8, 4) is 5.75 Å². The maximum atomic E-state index is 12.7. The van der Waals surface area contributed by atoms with E-state index in [2.05, 4.69) is 18.7 Å². The van der Waals surface area contributed by atoms with E-state index in [0.29, 0.717) is 24.9 Å². The smallest absolute Gasteiger partial charge is 0.123 e. The van der Waals surface area contributed by atoms with Gasteiger partial charge in [0.25, 0.3) is 0 Å². The van der Waals surface area contributed by atoms with E-state index in [4.69, 9.17) is 9.84 Å². The van der Waals surface area contributed by atoms with Crippen molar-refractivity contribution in [1.82, 2.24) is 4.90 Å². The summed E-state index contributed by atoms with van der Waals surface area (Å²) < 4.78 is 18.1. The van der Waals surface area contributed by atoms with E-state index < -0.39 is 0 Å². The summed E-state index contributed by atoms with van der Waals surface area (Å²) in [7, 11) is 0. The molecule has 0 fully saturated rings. The highest BCUT2D eigenvalue weighted by Gasteiger charge is 2.08. The highest BCUT2D eigenvalue weighted by molar-refractivity contribution is 5.21. The van der Waals surface area contributed by atoms with Crippen molar-refractivity contribution in [3.05, 3.63) is 30.1 Å². The molecule has 0 aliphatic carbocycles. The molecule has 0 saturated carbocycles. The molecule has 96 valence electrons. The molecule has 1 rings (SSSR count). The van der Waals surface area contributed by atoms with Crippen LogP contribution in [0.3, 0.4) is 0 Å². The highest BCUT2D eigenvalue weighted by atomic mass is 19.1. The van der Waals surface area contributed by atoms with Crippen LogP contribution in [0, 0.1) is 5.82 Å². The summed E-state index contributed by atoms with van der Waals surface area (Å²) in [5.74, 6) is 0.403. The maximum absolute atomic E-state index is 12.7. The van der Waals surface area contributed by atoms with Gasteiger partial charge in [0.05, 0.1) is 6.61 Å². The quantitative estimate of drug-likeness (QED) is 0.791. The third-order valence-electron chi connectivity index (χ3n) is 2.58. The van der Waals surface area contributed by atoms with Crippen LogP contribution in [-0.4, -0.2) is 42.4 Å². The molecule has 4 heteroatoms. The van der Waals surface area contributed by atoms with Crippen LogP contribution in [0.4, 0.5) is 4.39 Å². The molecule has 0 unspecified atom stereocenters. The average Bonchev–Trinajstić information content (AvgIpc) is 2.30. The van der Waals surface area contributed by atoms with Gasteiger partial charge in [-0.2, -0.15) is 0 Å². The summed E-state index contributed by atoms with van der Waals surface area (Å²) in [5, 5.41) is 8.91. The maximum Gasteiger partial charge on any atom is 0.123 e. The van der Waals surface area contributed by atoms with Crippen molar-refractivity contribution in [2.24, 2.45) is 0 Å². The highest BCUT2D eigenvalue weighted by Crippen LogP contribution is 2.11. The molecule has 1 aromatic carbocycles. The predicted octanol–water partition coefficient (Wildman–Crippen LogP) is 1.91. The topological polar surface area (TPSA) is 32.7 Å². The van der Waals surface area contributed by atoms with Gasteiger partial charge in [-0.15, -0.1) is 0 Å². The zero-order chi connectivity index (χ0) is 12.7. The lowest BCUT2D eigenvalue weighted by Crippen LogP contribution is -2.36. The minimum Gasteiger partial charge on any atom is -0.492 e. The number of rotatable bonds is 7. The van der Waals surface area contributed by atoms with E-state index in [1.54, 1.807) is 12.1 Å². The molecule has 1 N–H and O–H groups in total. The Balaban J connectivity index is 2.33. The molecule has 0 radical (unpaired) electrons. The first-order chi connectivity index (χ1) is 8.13. The Morgan fingerprint density at radius 2 is 1.88 bits per heavy atom. The number of aliphatic hydroxyl groups excluding tert-OH is 1. The minimum atomic E-state index is -0.263. The van der Waals surface area contributed by atoms with Gasteiger partial charge in [-0.3, -0.25) is 4.90 Å². The molecule has 0 bridgehead atoms. The number of halogens is 1. The van der Waals surface area contributed by atoms with Gasteiger partial charge in [-0.25, -0.2) is 4.39 Å². The van der Waals surface area contributed by atoms with Gasteiger partial charge in [0.15, 0.2) is 0 Å². The number of nitrogens with zero attached hydrogens (tertiary/aromatic N) is 1. The minimum absolute atomic E-state index is 0.148. The van der Waals surface area contributed by atoms with Crippen LogP contribution in [0.25, 0.3) is 0 Å². The fourth-order valence-electron chi connectivity index (χ4n) is 1.57. The van der Waals surface area contributed by atoms with Crippen LogP contribution < -0.4 is 4.74 Å². The normalized spacial score (nSPS) is 11.2. The Morgan fingerprint density at radius 1 is 1.24 bits per heavy atom. The average molecular weight is 241 g/mol. The monoisotopic (exact) mass is 241 g/mol. The Kier molecular flexibility index (Phi) is 5.94. The van der Waals surface area contributed by atoms with E-state index in [1.165, 1.54) is 12.1 Å². The second kappa shape index (κ2) is 7.25. The fraction of sp³-hybridized carbons (Fsp3) is 0.538. The first-order valence-corrected chi connectivity index (χ1v) is 5.86. The lowest BCUT2D eigenvalue weighted by molar-refractivity contribution is 0.141. The van der Waals surface area contributed by atoms with Gasteiger partial charge in [-0.1, -0.05) is 0 Å². The number of aliphatic hydroxyl groups is 1.